The van der Waals surface area contributed by atoms with Gasteiger partial charge in [0.2, 0.25) is 10.0 Å². The summed E-state index contributed by atoms with van der Waals surface area (Å²) in [5.41, 5.74) is 2.38. The van der Waals surface area contributed by atoms with E-state index in [0.29, 0.717) is 38.2 Å². The number of hydrogen-bond donors (Lipinski definition) is 0. The summed E-state index contributed by atoms with van der Waals surface area (Å²) in [7, 11) is -1.27. The van der Waals surface area contributed by atoms with E-state index in [4.69, 9.17) is 0 Å². The van der Waals surface area contributed by atoms with E-state index in [0.717, 1.165) is 16.9 Å². The van der Waals surface area contributed by atoms with E-state index < -0.39 is 10.0 Å². The lowest BCUT2D eigenvalue weighted by molar-refractivity contribution is 0.0764. The van der Waals surface area contributed by atoms with Crippen molar-refractivity contribution in [3.05, 3.63) is 29.6 Å². The number of amides is 1. The summed E-state index contributed by atoms with van der Waals surface area (Å²) in [5, 5.41) is 0. The summed E-state index contributed by atoms with van der Waals surface area (Å²) in [4.78, 5) is 19.0. The quantitative estimate of drug-likeness (QED) is 0.809. The lowest BCUT2D eigenvalue weighted by atomic mass is 10.1. The summed E-state index contributed by atoms with van der Waals surface area (Å²) < 4.78 is 26.8. The molecule has 1 amide bonds. The summed E-state index contributed by atoms with van der Waals surface area (Å²) in [6.45, 7) is 3.70. The molecular formula is C16H22N4O3S. The number of carbonyl (C=O) groups excluding carboxylic acids is 1. The van der Waals surface area contributed by atoms with Gasteiger partial charge >= 0.3 is 0 Å². The zero-order chi connectivity index (χ0) is 17.5. The topological polar surface area (TPSA) is 75.5 Å². The zero-order valence-corrected chi connectivity index (χ0v) is 15.0. The van der Waals surface area contributed by atoms with Gasteiger partial charge in [-0.25, -0.2) is 17.7 Å². The lowest BCUT2D eigenvalue weighted by Crippen LogP contribution is -2.36. The maximum atomic E-state index is 12.8. The number of aryl methyl sites for hydroxylation is 2. The van der Waals surface area contributed by atoms with Gasteiger partial charge in [-0.05, 0) is 31.5 Å². The first-order chi connectivity index (χ1) is 11.3. The van der Waals surface area contributed by atoms with Crippen molar-refractivity contribution in [2.24, 2.45) is 7.05 Å². The molecule has 1 aliphatic heterocycles. The molecule has 24 heavy (non-hydrogen) atoms. The molecule has 1 saturated heterocycles. The highest BCUT2D eigenvalue weighted by molar-refractivity contribution is 7.88. The number of fused-ring (bicyclic) bond motifs is 1. The molecule has 2 heterocycles. The van der Waals surface area contributed by atoms with Gasteiger partial charge in [0.15, 0.2) is 0 Å². The molecule has 8 heteroatoms. The fourth-order valence-electron chi connectivity index (χ4n) is 3.06. The molecular weight excluding hydrogens is 328 g/mol. The highest BCUT2D eigenvalue weighted by atomic mass is 32.2. The third-order valence-corrected chi connectivity index (χ3v) is 5.87. The van der Waals surface area contributed by atoms with E-state index >= 15 is 0 Å². The molecule has 0 N–H and O–H groups in total. The molecule has 7 nitrogen and oxygen atoms in total. The predicted octanol–water partition coefficient (Wildman–Crippen LogP) is 0.989. The van der Waals surface area contributed by atoms with Crippen LogP contribution >= 0.6 is 0 Å². The summed E-state index contributed by atoms with van der Waals surface area (Å²) in [5.74, 6) is 0.823. The van der Waals surface area contributed by atoms with Crippen LogP contribution in [0.3, 0.4) is 0 Å². The molecule has 2 aromatic rings. The molecule has 1 aromatic heterocycles. The Labute approximate surface area is 141 Å². The van der Waals surface area contributed by atoms with Crippen molar-refractivity contribution < 1.29 is 13.2 Å². The number of aromatic nitrogens is 2. The smallest absolute Gasteiger partial charge is 0.253 e. The molecule has 0 radical (unpaired) electrons. The standard InChI is InChI=1S/C16H22N4O3S/c1-12-17-14-11-13(5-6-15(14)18(12)2)16(21)19-7-4-8-20(10-9-19)24(3,22)23/h5-6,11H,4,7-10H2,1-3H3. The van der Waals surface area contributed by atoms with Crippen LogP contribution in [0.5, 0.6) is 0 Å². The van der Waals surface area contributed by atoms with E-state index in [2.05, 4.69) is 4.98 Å². The Morgan fingerprint density at radius 3 is 2.62 bits per heavy atom. The molecule has 130 valence electrons. The Bertz CT molecular complexity index is 888. The summed E-state index contributed by atoms with van der Waals surface area (Å²) in [6, 6.07) is 5.53. The first kappa shape index (κ1) is 16.9. The molecule has 0 unspecified atom stereocenters. The van der Waals surface area contributed by atoms with Gasteiger partial charge in [0.1, 0.15) is 5.82 Å². The Kier molecular flexibility index (Phi) is 4.35. The van der Waals surface area contributed by atoms with Crippen molar-refractivity contribution in [2.45, 2.75) is 13.3 Å². The first-order valence-electron chi connectivity index (χ1n) is 7.95. The average molecular weight is 350 g/mol. The van der Waals surface area contributed by atoms with Crippen molar-refractivity contribution in [3.8, 4) is 0 Å². The number of rotatable bonds is 2. The molecule has 1 aliphatic rings. The van der Waals surface area contributed by atoms with Crippen molar-refractivity contribution in [3.63, 3.8) is 0 Å². The van der Waals surface area contributed by atoms with Crippen LogP contribution in [0.1, 0.15) is 22.6 Å². The second-order valence-electron chi connectivity index (χ2n) is 6.23. The highest BCUT2D eigenvalue weighted by Gasteiger charge is 2.24. The molecule has 0 spiro atoms. The van der Waals surface area contributed by atoms with Crippen LogP contribution in [0, 0.1) is 6.92 Å². The number of benzene rings is 1. The second kappa shape index (κ2) is 6.18. The largest absolute Gasteiger partial charge is 0.337 e. The van der Waals surface area contributed by atoms with Gasteiger partial charge in [0.05, 0.1) is 17.3 Å². The third-order valence-electron chi connectivity index (χ3n) is 4.56. The number of imidazole rings is 1. The Hall–Kier alpha value is -1.93. The molecule has 0 saturated carbocycles. The minimum atomic E-state index is -3.21. The van der Waals surface area contributed by atoms with Crippen molar-refractivity contribution in [2.75, 3.05) is 32.4 Å². The van der Waals surface area contributed by atoms with Crippen LogP contribution in [0.4, 0.5) is 0 Å². The molecule has 3 rings (SSSR count). The SMILES string of the molecule is Cc1nc2cc(C(=O)N3CCCN(S(C)(=O)=O)CC3)ccc2n1C. The third kappa shape index (κ3) is 3.16. The zero-order valence-electron chi connectivity index (χ0n) is 14.2. The van der Waals surface area contributed by atoms with Crippen molar-refractivity contribution in [1.29, 1.82) is 0 Å². The molecule has 1 fully saturated rings. The van der Waals surface area contributed by atoms with Crippen LogP contribution in [0.15, 0.2) is 18.2 Å². The number of sulfonamides is 1. The summed E-state index contributed by atoms with van der Waals surface area (Å²) >= 11 is 0. The molecule has 0 bridgehead atoms. The fraction of sp³-hybridized carbons (Fsp3) is 0.500. The average Bonchev–Trinajstić information content (AvgIpc) is 2.71. The number of carbonyl (C=O) groups is 1. The van der Waals surface area contributed by atoms with Crippen LogP contribution in [-0.4, -0.2) is 65.5 Å². The van der Waals surface area contributed by atoms with E-state index in [1.54, 1.807) is 4.90 Å². The van der Waals surface area contributed by atoms with E-state index in [-0.39, 0.29) is 5.91 Å². The predicted molar refractivity (Wildman–Crippen MR) is 92.4 cm³/mol. The van der Waals surface area contributed by atoms with Crippen LogP contribution in [-0.2, 0) is 17.1 Å². The van der Waals surface area contributed by atoms with Gasteiger partial charge in [-0.2, -0.15) is 0 Å². The maximum absolute atomic E-state index is 12.8. The Balaban J connectivity index is 1.81. The van der Waals surface area contributed by atoms with Gasteiger partial charge in [0.25, 0.3) is 5.91 Å². The molecule has 0 aliphatic carbocycles. The van der Waals surface area contributed by atoms with Crippen molar-refractivity contribution >= 4 is 27.0 Å². The maximum Gasteiger partial charge on any atom is 0.253 e. The van der Waals surface area contributed by atoms with Gasteiger partial charge in [-0.3, -0.25) is 4.79 Å². The Morgan fingerprint density at radius 2 is 1.92 bits per heavy atom. The fourth-order valence-corrected chi connectivity index (χ4v) is 3.94. The minimum absolute atomic E-state index is 0.0736. The molecule has 1 aromatic carbocycles. The number of nitrogens with zero attached hydrogens (tertiary/aromatic N) is 4. The van der Waals surface area contributed by atoms with Crippen LogP contribution in [0.25, 0.3) is 11.0 Å². The van der Waals surface area contributed by atoms with E-state index in [1.807, 2.05) is 36.7 Å². The van der Waals surface area contributed by atoms with Gasteiger partial charge < -0.3 is 9.47 Å². The Morgan fingerprint density at radius 1 is 1.17 bits per heavy atom. The monoisotopic (exact) mass is 350 g/mol. The number of hydrogen-bond acceptors (Lipinski definition) is 4. The summed E-state index contributed by atoms with van der Waals surface area (Å²) in [6.07, 6.45) is 1.85. The second-order valence-corrected chi connectivity index (χ2v) is 8.21. The van der Waals surface area contributed by atoms with E-state index in [9.17, 15) is 13.2 Å². The van der Waals surface area contributed by atoms with Crippen LogP contribution in [0.2, 0.25) is 0 Å². The minimum Gasteiger partial charge on any atom is -0.337 e. The normalized spacial score (nSPS) is 17.2. The lowest BCUT2D eigenvalue weighted by Gasteiger charge is -2.21. The van der Waals surface area contributed by atoms with Gasteiger partial charge in [-0.1, -0.05) is 0 Å². The van der Waals surface area contributed by atoms with Crippen molar-refractivity contribution in [1.82, 2.24) is 18.8 Å². The van der Waals surface area contributed by atoms with Crippen LogP contribution < -0.4 is 0 Å². The van der Waals surface area contributed by atoms with E-state index in [1.165, 1.54) is 10.6 Å². The van der Waals surface area contributed by atoms with Gasteiger partial charge in [0, 0.05) is 38.8 Å². The highest BCUT2D eigenvalue weighted by Crippen LogP contribution is 2.18. The first-order valence-corrected chi connectivity index (χ1v) is 9.79. The van der Waals surface area contributed by atoms with Gasteiger partial charge in [-0.15, -0.1) is 0 Å². The molecule has 0 atom stereocenters.